The first-order valence-corrected chi connectivity index (χ1v) is 24.7. The Kier molecular flexibility index (Phi) is 16.7. The number of likely N-dealkylation sites (tertiary alicyclic amines) is 1. The molecule has 2 aliphatic heterocycles. The average Bonchev–Trinajstić information content (AvgIpc) is 4.02. The van der Waals surface area contributed by atoms with Gasteiger partial charge in [0.05, 0.1) is 64.9 Å². The first-order chi connectivity index (χ1) is 34.6. The molecular formula is C53H56F3N7O8S2. The number of thiazole rings is 1. The molecular weight excluding hydrogens is 984 g/mol. The largest absolute Gasteiger partial charge is 0.491 e. The van der Waals surface area contributed by atoms with Crippen LogP contribution in [0, 0.1) is 23.7 Å². The lowest BCUT2D eigenvalue weighted by molar-refractivity contribution is -0.144. The van der Waals surface area contributed by atoms with E-state index in [1.165, 1.54) is 11.0 Å². The van der Waals surface area contributed by atoms with Gasteiger partial charge in [-0.3, -0.25) is 24.1 Å². The minimum absolute atomic E-state index is 0.00183. The van der Waals surface area contributed by atoms with E-state index >= 15 is 0 Å². The number of anilines is 2. The molecule has 4 amide bonds. The second-order valence-corrected chi connectivity index (χ2v) is 20.4. The van der Waals surface area contributed by atoms with Crippen LogP contribution in [0.2, 0.25) is 0 Å². The number of aryl methyl sites for hydroxylation is 1. The van der Waals surface area contributed by atoms with Crippen LogP contribution >= 0.6 is 23.6 Å². The number of hydrogen-bond donors (Lipinski definition) is 3. The Bertz CT molecular complexity index is 2860. The highest BCUT2D eigenvalue weighted by molar-refractivity contribution is 7.81. The summed E-state index contributed by atoms with van der Waals surface area (Å²) in [6.45, 7) is 11.2. The molecule has 0 saturated carbocycles. The molecule has 2 saturated heterocycles. The summed E-state index contributed by atoms with van der Waals surface area (Å²) in [6.07, 6.45) is -5.64. The molecule has 1 unspecified atom stereocenters. The van der Waals surface area contributed by atoms with Gasteiger partial charge in [-0.05, 0) is 103 Å². The SMILES string of the molecule is Cc1ncsc1-c1ccc(CNC(=O)[C@@H]2C[C@@H](O)CN2C(=O)C(NC(=O)COCCOCCOc2ccc(-c3ccc(N4C(=S)N(c5ccc(C#N)c(C(F)(F)F)c5)C(=O)C4(C)C)cc3)cc2)C(C)(C)C)cc1. The molecule has 0 aliphatic carbocycles. The van der Waals surface area contributed by atoms with E-state index < -0.39 is 70.1 Å². The number of alkyl halides is 3. The van der Waals surface area contributed by atoms with Gasteiger partial charge in [-0.15, -0.1) is 11.3 Å². The third-order valence-electron chi connectivity index (χ3n) is 12.5. The van der Waals surface area contributed by atoms with Crippen LogP contribution < -0.4 is 25.2 Å². The van der Waals surface area contributed by atoms with E-state index in [9.17, 15) is 42.7 Å². The lowest BCUT2D eigenvalue weighted by atomic mass is 9.85. The maximum absolute atomic E-state index is 14.0. The number of aliphatic hydroxyl groups is 1. The quantitative estimate of drug-likeness (QED) is 0.0572. The number of thiocarbonyl (C=S) groups is 1. The number of benzene rings is 4. The van der Waals surface area contributed by atoms with Gasteiger partial charge in [0, 0.05) is 25.2 Å². The number of nitrogens with one attached hydrogen (secondary N) is 2. The second kappa shape index (κ2) is 22.6. The Balaban J connectivity index is 0.823. The minimum atomic E-state index is -4.81. The van der Waals surface area contributed by atoms with Gasteiger partial charge in [0.15, 0.2) is 5.11 Å². The van der Waals surface area contributed by atoms with Crippen molar-refractivity contribution in [1.29, 1.82) is 5.26 Å². The number of nitrogens with zero attached hydrogens (tertiary/aromatic N) is 5. The molecule has 73 heavy (non-hydrogen) atoms. The second-order valence-electron chi connectivity index (χ2n) is 19.2. The third kappa shape index (κ3) is 12.5. The van der Waals surface area contributed by atoms with Crippen LogP contribution in [0.15, 0.2) is 96.5 Å². The van der Waals surface area contributed by atoms with Crippen molar-refractivity contribution in [2.75, 3.05) is 49.4 Å². The van der Waals surface area contributed by atoms with Crippen LogP contribution in [0.1, 0.15) is 63.4 Å². The molecule has 4 aromatic carbocycles. The van der Waals surface area contributed by atoms with Gasteiger partial charge >= 0.3 is 6.18 Å². The number of β-amino-alcohol motifs (C(OH)–C–C–N with tert-alkyl or cyclic N) is 1. The predicted molar refractivity (Wildman–Crippen MR) is 273 cm³/mol. The predicted octanol–water partition coefficient (Wildman–Crippen LogP) is 7.81. The maximum Gasteiger partial charge on any atom is 0.417 e. The first kappa shape index (κ1) is 54.0. The van der Waals surface area contributed by atoms with Crippen LogP contribution in [0.25, 0.3) is 21.6 Å². The van der Waals surface area contributed by atoms with Crippen LogP contribution in [-0.4, -0.2) is 107 Å². The van der Waals surface area contributed by atoms with Crippen LogP contribution in [-0.2, 0) is 41.4 Å². The van der Waals surface area contributed by atoms with Gasteiger partial charge in [0.1, 0.15) is 36.6 Å². The highest BCUT2D eigenvalue weighted by Crippen LogP contribution is 2.40. The molecule has 3 atom stereocenters. The lowest BCUT2D eigenvalue weighted by Crippen LogP contribution is -2.58. The summed E-state index contributed by atoms with van der Waals surface area (Å²) in [6, 6.07) is 25.1. The number of ether oxygens (including phenoxy) is 3. The summed E-state index contributed by atoms with van der Waals surface area (Å²) in [5.74, 6) is -1.32. The average molecular weight is 1040 g/mol. The molecule has 15 nitrogen and oxygen atoms in total. The monoisotopic (exact) mass is 1040 g/mol. The van der Waals surface area contributed by atoms with Crippen molar-refractivity contribution in [3.8, 4) is 33.4 Å². The highest BCUT2D eigenvalue weighted by atomic mass is 32.1. The number of hydrogen-bond acceptors (Lipinski definition) is 12. The van der Waals surface area contributed by atoms with Gasteiger partial charge in [-0.25, -0.2) is 4.98 Å². The van der Waals surface area contributed by atoms with E-state index in [1.807, 2.05) is 55.5 Å². The van der Waals surface area contributed by atoms with Crippen molar-refractivity contribution in [3.63, 3.8) is 0 Å². The van der Waals surface area contributed by atoms with E-state index in [4.69, 9.17) is 26.4 Å². The van der Waals surface area contributed by atoms with Crippen molar-refractivity contribution in [2.24, 2.45) is 5.41 Å². The maximum atomic E-state index is 14.0. The molecule has 20 heteroatoms. The zero-order valence-corrected chi connectivity index (χ0v) is 42.8. The van der Waals surface area contributed by atoms with Crippen LogP contribution in [0.3, 0.4) is 0 Å². The number of carbonyl (C=O) groups excluding carboxylic acids is 4. The summed E-state index contributed by atoms with van der Waals surface area (Å²) >= 11 is 7.22. The third-order valence-corrected chi connectivity index (χ3v) is 13.8. The van der Waals surface area contributed by atoms with Crippen molar-refractivity contribution in [3.05, 3.63) is 119 Å². The van der Waals surface area contributed by atoms with Gasteiger partial charge < -0.3 is 39.8 Å². The molecule has 2 fully saturated rings. The molecule has 2 aliphatic rings. The fourth-order valence-electron chi connectivity index (χ4n) is 8.59. The van der Waals surface area contributed by atoms with E-state index in [1.54, 1.807) is 86.7 Å². The summed E-state index contributed by atoms with van der Waals surface area (Å²) in [7, 11) is 0. The van der Waals surface area contributed by atoms with Crippen molar-refractivity contribution < 1.29 is 51.7 Å². The molecule has 0 bridgehead atoms. The summed E-state index contributed by atoms with van der Waals surface area (Å²) < 4.78 is 58.3. The number of nitriles is 1. The van der Waals surface area contributed by atoms with E-state index in [0.29, 0.717) is 11.4 Å². The fraction of sp³-hybridized carbons (Fsp3) is 0.377. The molecule has 384 valence electrons. The Labute approximate surface area is 430 Å². The molecule has 3 N–H and O–H groups in total. The highest BCUT2D eigenvalue weighted by Gasteiger charge is 2.51. The topological polar surface area (TPSA) is 187 Å². The zero-order valence-electron chi connectivity index (χ0n) is 41.1. The molecule has 5 aromatic rings. The summed E-state index contributed by atoms with van der Waals surface area (Å²) in [5.41, 5.74) is 3.15. The first-order valence-electron chi connectivity index (χ1n) is 23.4. The van der Waals surface area contributed by atoms with Crippen LogP contribution in [0.5, 0.6) is 5.75 Å². The Hall–Kier alpha value is -6.76. The zero-order chi connectivity index (χ0) is 52.8. The minimum Gasteiger partial charge on any atom is -0.491 e. The Morgan fingerprint density at radius 2 is 1.53 bits per heavy atom. The standard InChI is InChI=1S/C53H56F3N7O8S2/c1-32-45(73-31-59-32)36-9-7-33(8-10-36)28-58-47(66)43-26-40(64)29-61(43)48(67)46(51(2,3)4)60-44(65)30-70-22-21-69-23-24-71-41-19-14-35(15-20-41)34-11-16-38(17-12-34)63-50(72)62(49(68)52(63,5)6)39-18-13-37(27-57)42(25-39)53(54,55)56/h7-20,25,31,40,43,46,64H,21-24,26,28-30H2,1-6H3,(H,58,66)(H,60,65)/t40-,43+,46?/m1/s1. The van der Waals surface area contributed by atoms with Gasteiger partial charge in [-0.1, -0.05) is 69.3 Å². The normalized spacial score (nSPS) is 17.1. The number of rotatable bonds is 18. The van der Waals surface area contributed by atoms with Gasteiger partial charge in [-0.2, -0.15) is 18.4 Å². The van der Waals surface area contributed by atoms with Crippen molar-refractivity contribution in [1.82, 2.24) is 20.5 Å². The number of amides is 4. The van der Waals surface area contributed by atoms with Crippen LogP contribution in [0.4, 0.5) is 24.5 Å². The van der Waals surface area contributed by atoms with Crippen molar-refractivity contribution in [2.45, 2.75) is 84.4 Å². The van der Waals surface area contributed by atoms with Gasteiger partial charge in [0.2, 0.25) is 17.7 Å². The fourth-order valence-corrected chi connectivity index (χ4v) is 9.93. The van der Waals surface area contributed by atoms with Gasteiger partial charge in [0.25, 0.3) is 5.91 Å². The Morgan fingerprint density at radius 1 is 0.918 bits per heavy atom. The smallest absolute Gasteiger partial charge is 0.417 e. The van der Waals surface area contributed by atoms with E-state index in [0.717, 1.165) is 49.9 Å². The summed E-state index contributed by atoms with van der Waals surface area (Å²) in [5, 5.41) is 25.5. The van der Waals surface area contributed by atoms with Crippen molar-refractivity contribution >= 4 is 63.7 Å². The molecule has 3 heterocycles. The number of aromatic nitrogens is 1. The summed E-state index contributed by atoms with van der Waals surface area (Å²) in [4.78, 5) is 63.4. The Morgan fingerprint density at radius 3 is 2.15 bits per heavy atom. The number of halogens is 3. The molecule has 7 rings (SSSR count). The molecule has 1 aromatic heterocycles. The molecule has 0 spiro atoms. The molecule has 0 radical (unpaired) electrons. The van der Waals surface area contributed by atoms with E-state index in [-0.39, 0.29) is 63.3 Å². The number of aliphatic hydroxyl groups excluding tert-OH is 1. The van der Waals surface area contributed by atoms with E-state index in [2.05, 4.69) is 15.6 Å². The number of carbonyl (C=O) groups is 4. The lowest BCUT2D eigenvalue weighted by Gasteiger charge is -2.35.